The highest BCUT2D eigenvalue weighted by Crippen LogP contribution is 2.19. The van der Waals surface area contributed by atoms with Crippen molar-refractivity contribution in [1.82, 2.24) is 0 Å². The zero-order chi connectivity index (χ0) is 13.7. The van der Waals surface area contributed by atoms with Gasteiger partial charge in [-0.1, -0.05) is 36.4 Å². The number of ether oxygens (including phenoxy) is 1. The number of benzene rings is 2. The molecule has 19 heavy (non-hydrogen) atoms. The molecule has 0 atom stereocenters. The first-order chi connectivity index (χ1) is 9.16. The molecule has 0 fully saturated rings. The molecule has 0 saturated carbocycles. The molecule has 0 bridgehead atoms. The second kappa shape index (κ2) is 5.77. The van der Waals surface area contributed by atoms with Crippen molar-refractivity contribution in [3.8, 4) is 5.75 Å². The number of nitro groups is 1. The van der Waals surface area contributed by atoms with Gasteiger partial charge in [0.05, 0.1) is 11.0 Å². The Morgan fingerprint density at radius 2 is 1.84 bits per heavy atom. The van der Waals surface area contributed by atoms with E-state index in [1.165, 1.54) is 18.2 Å². The fourth-order valence-electron chi connectivity index (χ4n) is 1.54. The van der Waals surface area contributed by atoms with E-state index in [9.17, 15) is 14.9 Å². The number of hydrogen-bond acceptors (Lipinski definition) is 4. The number of non-ortho nitro benzene ring substituents is 1. The lowest BCUT2D eigenvalue weighted by molar-refractivity contribution is -0.384. The summed E-state index contributed by atoms with van der Waals surface area (Å²) < 4.78 is 5.26. The number of carbonyl (C=O) groups excluding carboxylic acids is 1. The van der Waals surface area contributed by atoms with Crippen molar-refractivity contribution < 1.29 is 14.5 Å². The van der Waals surface area contributed by atoms with Gasteiger partial charge in [-0.05, 0) is 6.07 Å². The van der Waals surface area contributed by atoms with Crippen LogP contribution in [-0.2, 0) is 0 Å². The molecule has 0 aliphatic heterocycles. The minimum Gasteiger partial charge on any atom is -0.485 e. The first kappa shape index (κ1) is 12.8. The van der Waals surface area contributed by atoms with E-state index in [0.29, 0.717) is 11.3 Å². The van der Waals surface area contributed by atoms with Crippen LogP contribution in [0.3, 0.4) is 0 Å². The Balaban J connectivity index is 2.01. The predicted octanol–water partition coefficient (Wildman–Crippen LogP) is 2.86. The Kier molecular flexibility index (Phi) is 3.87. The van der Waals surface area contributed by atoms with Crippen molar-refractivity contribution >= 4 is 11.5 Å². The van der Waals surface area contributed by atoms with Gasteiger partial charge in [-0.25, -0.2) is 0 Å². The molecule has 0 saturated heterocycles. The SMILES string of the molecule is O=C(COc1cccc([N+](=O)[O-])c1)c1ccccc1. The molecule has 0 radical (unpaired) electrons. The summed E-state index contributed by atoms with van der Waals surface area (Å²) in [4.78, 5) is 21.9. The summed E-state index contributed by atoms with van der Waals surface area (Å²) in [5.41, 5.74) is 0.484. The molecule has 0 amide bonds. The van der Waals surface area contributed by atoms with Crippen LogP contribution in [0, 0.1) is 10.1 Å². The van der Waals surface area contributed by atoms with Crippen molar-refractivity contribution in [1.29, 1.82) is 0 Å². The minimum atomic E-state index is -0.508. The summed E-state index contributed by atoms with van der Waals surface area (Å²) >= 11 is 0. The smallest absolute Gasteiger partial charge is 0.273 e. The molecule has 0 heterocycles. The molecule has 0 spiro atoms. The minimum absolute atomic E-state index is 0.0651. The summed E-state index contributed by atoms with van der Waals surface area (Å²) in [7, 11) is 0. The molecule has 2 aromatic rings. The van der Waals surface area contributed by atoms with E-state index in [-0.39, 0.29) is 18.1 Å². The Morgan fingerprint density at radius 1 is 1.11 bits per heavy atom. The highest BCUT2D eigenvalue weighted by Gasteiger charge is 2.09. The van der Waals surface area contributed by atoms with Crippen molar-refractivity contribution in [3.63, 3.8) is 0 Å². The van der Waals surface area contributed by atoms with Gasteiger partial charge in [0.1, 0.15) is 5.75 Å². The Bertz CT molecular complexity index is 595. The zero-order valence-corrected chi connectivity index (χ0v) is 9.98. The lowest BCUT2D eigenvalue weighted by atomic mass is 10.1. The second-order valence-corrected chi connectivity index (χ2v) is 3.83. The lowest BCUT2D eigenvalue weighted by Gasteiger charge is -2.05. The monoisotopic (exact) mass is 257 g/mol. The number of nitrogens with zero attached hydrogens (tertiary/aromatic N) is 1. The Morgan fingerprint density at radius 3 is 2.53 bits per heavy atom. The summed E-state index contributed by atoms with van der Waals surface area (Å²) in [6, 6.07) is 14.5. The molecule has 0 unspecified atom stereocenters. The molecular weight excluding hydrogens is 246 g/mol. The van der Waals surface area contributed by atoms with Gasteiger partial charge in [0.25, 0.3) is 5.69 Å². The highest BCUT2D eigenvalue weighted by atomic mass is 16.6. The van der Waals surface area contributed by atoms with Crippen molar-refractivity contribution in [2.45, 2.75) is 0 Å². The van der Waals surface area contributed by atoms with Gasteiger partial charge in [0.2, 0.25) is 0 Å². The van der Waals surface area contributed by atoms with Crippen molar-refractivity contribution in [2.75, 3.05) is 6.61 Å². The van der Waals surface area contributed by atoms with Gasteiger partial charge in [0.15, 0.2) is 12.4 Å². The van der Waals surface area contributed by atoms with Gasteiger partial charge in [-0.15, -0.1) is 0 Å². The van der Waals surface area contributed by atoms with Gasteiger partial charge < -0.3 is 4.74 Å². The number of nitro benzene ring substituents is 1. The second-order valence-electron chi connectivity index (χ2n) is 3.83. The van der Waals surface area contributed by atoms with E-state index in [2.05, 4.69) is 0 Å². The molecule has 5 nitrogen and oxygen atoms in total. The third kappa shape index (κ3) is 3.38. The quantitative estimate of drug-likeness (QED) is 0.469. The van der Waals surface area contributed by atoms with Crippen LogP contribution in [0.4, 0.5) is 5.69 Å². The van der Waals surface area contributed by atoms with Crippen molar-refractivity contribution in [3.05, 3.63) is 70.3 Å². The standard InChI is InChI=1S/C14H11NO4/c16-14(11-5-2-1-3-6-11)10-19-13-8-4-7-12(9-13)15(17)18/h1-9H,10H2. The summed E-state index contributed by atoms with van der Waals surface area (Å²) in [5, 5.41) is 10.6. The largest absolute Gasteiger partial charge is 0.485 e. The number of ketones is 1. The summed E-state index contributed by atoms with van der Waals surface area (Å²) in [5.74, 6) is 0.130. The van der Waals surface area contributed by atoms with Crippen LogP contribution < -0.4 is 4.74 Å². The van der Waals surface area contributed by atoms with Gasteiger partial charge in [-0.2, -0.15) is 0 Å². The van der Waals surface area contributed by atoms with Crippen LogP contribution in [0.25, 0.3) is 0 Å². The maximum Gasteiger partial charge on any atom is 0.273 e. The van der Waals surface area contributed by atoms with Crippen molar-refractivity contribution in [2.24, 2.45) is 0 Å². The van der Waals surface area contributed by atoms with E-state index in [0.717, 1.165) is 0 Å². The zero-order valence-electron chi connectivity index (χ0n) is 9.98. The fraction of sp³-hybridized carbons (Fsp3) is 0.0714. The van der Waals surface area contributed by atoms with E-state index >= 15 is 0 Å². The van der Waals surface area contributed by atoms with E-state index in [4.69, 9.17) is 4.74 Å². The Hall–Kier alpha value is -2.69. The van der Waals surface area contributed by atoms with Gasteiger partial charge >= 0.3 is 0 Å². The van der Waals surface area contributed by atoms with Crippen LogP contribution in [0.15, 0.2) is 54.6 Å². The first-order valence-electron chi connectivity index (χ1n) is 5.62. The number of Topliss-reactive ketones (excluding diaryl/α,β-unsaturated/α-hetero) is 1. The average molecular weight is 257 g/mol. The van der Waals surface area contributed by atoms with Crippen LogP contribution >= 0.6 is 0 Å². The van der Waals surface area contributed by atoms with Gasteiger partial charge in [-0.3, -0.25) is 14.9 Å². The number of hydrogen-bond donors (Lipinski definition) is 0. The Labute approximate surface area is 109 Å². The molecule has 5 heteroatoms. The fourth-order valence-corrected chi connectivity index (χ4v) is 1.54. The van der Waals surface area contributed by atoms with Crippen LogP contribution in [0.2, 0.25) is 0 Å². The number of rotatable bonds is 5. The third-order valence-electron chi connectivity index (χ3n) is 2.49. The molecule has 0 aliphatic rings. The number of carbonyl (C=O) groups is 1. The summed E-state index contributed by atoms with van der Waals surface area (Å²) in [6.45, 7) is -0.148. The third-order valence-corrected chi connectivity index (χ3v) is 2.49. The molecule has 0 N–H and O–H groups in total. The molecule has 2 aromatic carbocycles. The van der Waals surface area contributed by atoms with Crippen LogP contribution in [0.5, 0.6) is 5.75 Å². The lowest BCUT2D eigenvalue weighted by Crippen LogP contribution is -2.11. The van der Waals surface area contributed by atoms with Crippen LogP contribution in [0.1, 0.15) is 10.4 Å². The van der Waals surface area contributed by atoms with Crippen LogP contribution in [-0.4, -0.2) is 17.3 Å². The molecule has 0 aliphatic carbocycles. The van der Waals surface area contributed by atoms with E-state index in [1.54, 1.807) is 30.3 Å². The normalized spacial score (nSPS) is 9.89. The topological polar surface area (TPSA) is 69.4 Å². The highest BCUT2D eigenvalue weighted by molar-refractivity contribution is 5.97. The van der Waals surface area contributed by atoms with E-state index < -0.39 is 4.92 Å². The van der Waals surface area contributed by atoms with E-state index in [1.807, 2.05) is 6.07 Å². The van der Waals surface area contributed by atoms with Gasteiger partial charge in [0, 0.05) is 11.6 Å². The molecular formula is C14H11NO4. The molecule has 2 rings (SSSR count). The average Bonchev–Trinajstić information content (AvgIpc) is 2.46. The molecule has 0 aromatic heterocycles. The maximum absolute atomic E-state index is 11.8. The maximum atomic E-state index is 11.8. The summed E-state index contributed by atoms with van der Waals surface area (Å²) in [6.07, 6.45) is 0. The molecule has 96 valence electrons. The predicted molar refractivity (Wildman–Crippen MR) is 69.4 cm³/mol. The first-order valence-corrected chi connectivity index (χ1v) is 5.62.